The molecule has 1 amide bonds. The highest BCUT2D eigenvalue weighted by molar-refractivity contribution is 6.40. The summed E-state index contributed by atoms with van der Waals surface area (Å²) in [6.45, 7) is 4.40. The first-order chi connectivity index (χ1) is 20.4. The van der Waals surface area contributed by atoms with Crippen molar-refractivity contribution in [2.75, 3.05) is 0 Å². The molecule has 0 aromatic heterocycles. The number of ketones is 2. The van der Waals surface area contributed by atoms with Crippen LogP contribution in [0.5, 0.6) is 5.75 Å². The van der Waals surface area contributed by atoms with E-state index in [2.05, 4.69) is 31.3 Å². The minimum atomic E-state index is -1.33. The number of phenolic OH excluding ortho intramolecular Hbond substituents is 1. The van der Waals surface area contributed by atoms with E-state index in [1.165, 1.54) is 23.3 Å². The third-order valence-electron chi connectivity index (χ3n) is 8.18. The molecule has 3 N–H and O–H groups in total. The van der Waals surface area contributed by atoms with Crippen molar-refractivity contribution in [3.8, 4) is 5.75 Å². The van der Waals surface area contributed by atoms with Gasteiger partial charge in [0.15, 0.2) is 5.78 Å². The fourth-order valence-corrected chi connectivity index (χ4v) is 6.40. The van der Waals surface area contributed by atoms with Crippen LogP contribution >= 0.6 is 23.2 Å². The van der Waals surface area contributed by atoms with Crippen molar-refractivity contribution in [1.29, 1.82) is 0 Å². The molecule has 0 bridgehead atoms. The molecule has 7 nitrogen and oxygen atoms in total. The van der Waals surface area contributed by atoms with Gasteiger partial charge in [0, 0.05) is 24.8 Å². The number of amides is 1. The highest BCUT2D eigenvalue weighted by Gasteiger charge is 2.33. The molecule has 43 heavy (non-hydrogen) atoms. The number of carbonyl (C=O) groups is 4. The lowest BCUT2D eigenvalue weighted by molar-refractivity contribution is -0.139. The van der Waals surface area contributed by atoms with E-state index < -0.39 is 17.9 Å². The second kappa shape index (κ2) is 13.7. The van der Waals surface area contributed by atoms with Crippen molar-refractivity contribution < 1.29 is 29.4 Å². The van der Waals surface area contributed by atoms with Gasteiger partial charge >= 0.3 is 5.97 Å². The molecule has 0 spiro atoms. The van der Waals surface area contributed by atoms with Crippen molar-refractivity contribution in [2.24, 2.45) is 0 Å². The molecule has 1 aliphatic carbocycles. The normalized spacial score (nSPS) is 16.1. The summed E-state index contributed by atoms with van der Waals surface area (Å²) in [7, 11) is 0. The van der Waals surface area contributed by atoms with Crippen molar-refractivity contribution in [2.45, 2.75) is 76.2 Å². The number of aliphatic carboxylic acids is 1. The number of hydrogen-bond donors (Lipinski definition) is 3. The summed E-state index contributed by atoms with van der Waals surface area (Å²) in [5.74, 6) is -2.23. The number of carboxylic acid groups (broad SMARTS) is 1. The summed E-state index contributed by atoms with van der Waals surface area (Å²) >= 11 is 12.7. The smallest absolute Gasteiger partial charge is 0.326 e. The van der Waals surface area contributed by atoms with Crippen LogP contribution in [0.3, 0.4) is 0 Å². The average Bonchev–Trinajstić information content (AvgIpc) is 2.95. The van der Waals surface area contributed by atoms with E-state index >= 15 is 0 Å². The molecule has 4 rings (SSSR count). The number of carboxylic acids is 1. The van der Waals surface area contributed by atoms with Crippen LogP contribution in [0.25, 0.3) is 0 Å². The Kier molecular flexibility index (Phi) is 10.3. The molecule has 0 aliphatic heterocycles. The van der Waals surface area contributed by atoms with Crippen LogP contribution in [0, 0.1) is 0 Å². The van der Waals surface area contributed by atoms with Crippen LogP contribution in [-0.2, 0) is 21.4 Å². The van der Waals surface area contributed by atoms with Gasteiger partial charge in [0.2, 0.25) is 0 Å². The van der Waals surface area contributed by atoms with Crippen molar-refractivity contribution >= 4 is 46.6 Å². The van der Waals surface area contributed by atoms with E-state index in [4.69, 9.17) is 23.2 Å². The molecule has 0 saturated carbocycles. The molecule has 3 aromatic carbocycles. The van der Waals surface area contributed by atoms with E-state index in [0.717, 1.165) is 18.4 Å². The maximum atomic E-state index is 13.0. The third kappa shape index (κ3) is 8.03. The fraction of sp³-hybridized carbons (Fsp3) is 0.353. The van der Waals surface area contributed by atoms with E-state index in [1.54, 1.807) is 24.3 Å². The lowest BCUT2D eigenvalue weighted by atomic mass is 9.68. The summed E-state index contributed by atoms with van der Waals surface area (Å²) < 4.78 is 0. The highest BCUT2D eigenvalue weighted by Crippen LogP contribution is 2.44. The summed E-state index contributed by atoms with van der Waals surface area (Å²) in [6.07, 6.45) is 2.56. The van der Waals surface area contributed by atoms with Crippen LogP contribution in [0.15, 0.2) is 60.7 Å². The first kappa shape index (κ1) is 32.2. The second-order valence-electron chi connectivity index (χ2n) is 11.8. The number of fused-ring (bicyclic) bond motifs is 1. The van der Waals surface area contributed by atoms with Gasteiger partial charge in [0.05, 0.1) is 15.6 Å². The monoisotopic (exact) mass is 623 g/mol. The van der Waals surface area contributed by atoms with E-state index in [-0.39, 0.29) is 69.1 Å². The molecule has 9 heteroatoms. The van der Waals surface area contributed by atoms with Crippen LogP contribution in [-0.4, -0.2) is 39.7 Å². The van der Waals surface area contributed by atoms with Crippen LogP contribution in [0.1, 0.15) is 95.7 Å². The highest BCUT2D eigenvalue weighted by atomic mass is 35.5. The number of aromatic hydroxyl groups is 1. The summed E-state index contributed by atoms with van der Waals surface area (Å²) in [5.41, 5.74) is 3.29. The van der Waals surface area contributed by atoms with Gasteiger partial charge < -0.3 is 15.5 Å². The Hall–Kier alpha value is -3.68. The number of benzene rings is 3. The Balaban J connectivity index is 1.36. The molecule has 0 fully saturated rings. The summed E-state index contributed by atoms with van der Waals surface area (Å²) in [4.78, 5) is 50.7. The second-order valence-corrected chi connectivity index (χ2v) is 12.6. The predicted octanol–water partition coefficient (Wildman–Crippen LogP) is 7.29. The van der Waals surface area contributed by atoms with Crippen molar-refractivity contribution in [3.05, 3.63) is 98.5 Å². The van der Waals surface area contributed by atoms with Gasteiger partial charge in [-0.2, -0.15) is 0 Å². The zero-order valence-electron chi connectivity index (χ0n) is 24.2. The summed E-state index contributed by atoms with van der Waals surface area (Å²) in [5, 5.41) is 21.6. The lowest BCUT2D eigenvalue weighted by Crippen LogP contribution is -2.41. The van der Waals surface area contributed by atoms with Crippen molar-refractivity contribution in [3.63, 3.8) is 0 Å². The Labute approximate surface area is 261 Å². The molecule has 0 heterocycles. The Bertz CT molecular complexity index is 1530. The SMILES string of the molecule is CC1(C)CCC(CC(=O)CC[C@H](NC(=O)c2c(Cl)cc(C(=O)CCc3cccc(O)c3)cc2Cl)C(=O)O)c2ccccc21. The Morgan fingerprint density at radius 1 is 0.977 bits per heavy atom. The third-order valence-corrected chi connectivity index (χ3v) is 8.78. The number of hydrogen-bond acceptors (Lipinski definition) is 5. The van der Waals surface area contributed by atoms with Gasteiger partial charge in [-0.3, -0.25) is 14.4 Å². The minimum Gasteiger partial charge on any atom is -0.508 e. The average molecular weight is 625 g/mol. The number of nitrogens with one attached hydrogen (secondary N) is 1. The number of phenols is 1. The standard InChI is InChI=1S/C34H35Cl2NO6/c1-34(2)15-14-21(25-8-3-4-9-26(25)34)17-24(39)11-12-29(33(42)43)37-32(41)31-27(35)18-22(19-28(31)36)30(40)13-10-20-6-5-7-23(38)16-20/h3-9,16,18-19,21,29,38H,10-15,17H2,1-2H3,(H,37,41)(H,42,43)/t21?,29-/m0/s1. The Morgan fingerprint density at radius 2 is 1.67 bits per heavy atom. The molecule has 3 aromatic rings. The van der Waals surface area contributed by atoms with Gasteiger partial charge in [0.1, 0.15) is 17.6 Å². The van der Waals surface area contributed by atoms with Crippen LogP contribution in [0.4, 0.5) is 0 Å². The maximum Gasteiger partial charge on any atom is 0.326 e. The first-order valence-electron chi connectivity index (χ1n) is 14.3. The Morgan fingerprint density at radius 3 is 2.35 bits per heavy atom. The molecular weight excluding hydrogens is 589 g/mol. The number of carbonyl (C=O) groups excluding carboxylic acids is 3. The summed E-state index contributed by atoms with van der Waals surface area (Å²) in [6, 6.07) is 16.1. The van der Waals surface area contributed by atoms with E-state index in [1.807, 2.05) is 12.1 Å². The molecule has 1 aliphatic rings. The molecule has 1 unspecified atom stereocenters. The van der Waals surface area contributed by atoms with Crippen molar-refractivity contribution in [1.82, 2.24) is 5.32 Å². The minimum absolute atomic E-state index is 0.00655. The van der Waals surface area contributed by atoms with Gasteiger partial charge in [-0.15, -0.1) is 0 Å². The molecular formula is C34H35Cl2NO6. The molecule has 0 radical (unpaired) electrons. The van der Waals surface area contributed by atoms with Gasteiger partial charge in [-0.05, 0) is 78.0 Å². The largest absolute Gasteiger partial charge is 0.508 e. The van der Waals surface area contributed by atoms with Crippen LogP contribution < -0.4 is 5.32 Å². The molecule has 2 atom stereocenters. The molecule has 226 valence electrons. The predicted molar refractivity (Wildman–Crippen MR) is 166 cm³/mol. The van der Waals surface area contributed by atoms with Gasteiger partial charge in [-0.25, -0.2) is 4.79 Å². The zero-order chi connectivity index (χ0) is 31.3. The zero-order valence-corrected chi connectivity index (χ0v) is 25.7. The number of rotatable bonds is 12. The van der Waals surface area contributed by atoms with Gasteiger partial charge in [-0.1, -0.05) is 73.4 Å². The molecule has 0 saturated heterocycles. The van der Waals surface area contributed by atoms with Gasteiger partial charge in [0.25, 0.3) is 5.91 Å². The number of aryl methyl sites for hydroxylation is 1. The fourth-order valence-electron chi connectivity index (χ4n) is 5.74. The topological polar surface area (TPSA) is 121 Å². The maximum absolute atomic E-state index is 13.0. The van der Waals surface area contributed by atoms with E-state index in [0.29, 0.717) is 12.8 Å². The quantitative estimate of drug-likeness (QED) is 0.182. The first-order valence-corrected chi connectivity index (χ1v) is 15.1. The number of Topliss-reactive ketones (excluding diaryl/α,β-unsaturated/α-hetero) is 2. The lowest BCUT2D eigenvalue weighted by Gasteiger charge is -2.37. The number of halogens is 2. The van der Waals surface area contributed by atoms with Crippen LogP contribution in [0.2, 0.25) is 10.0 Å². The van der Waals surface area contributed by atoms with E-state index in [9.17, 15) is 29.4 Å².